The first kappa shape index (κ1) is 26.7. The van der Waals surface area contributed by atoms with Crippen molar-refractivity contribution in [1.82, 2.24) is 10.2 Å². The van der Waals surface area contributed by atoms with E-state index in [4.69, 9.17) is 9.47 Å². The zero-order valence-corrected chi connectivity index (χ0v) is 21.8. The first-order valence-corrected chi connectivity index (χ1v) is 14.2. The van der Waals surface area contributed by atoms with Crippen LogP contribution in [0.1, 0.15) is 44.6 Å². The van der Waals surface area contributed by atoms with Crippen molar-refractivity contribution < 1.29 is 31.9 Å². The Morgan fingerprint density at radius 3 is 2.49 bits per heavy atom. The first-order chi connectivity index (χ1) is 17.6. The van der Waals surface area contributed by atoms with E-state index in [0.29, 0.717) is 11.5 Å². The standard InChI is InChI=1S/C26H32FN3O6S/c1-18(26(32)28-20-9-4-3-5-10-20)29(15-19-8-6-7-11-22(19)27)25(31)16-30(37(2,33)34)21-12-13-23-24(14-21)36-17-35-23/h6-8,11-14,18,20H,3-5,9-10,15-17H2,1-2H3,(H,28,32)/t18-/m0/s1. The molecule has 1 atom stereocenters. The van der Waals surface area contributed by atoms with Gasteiger partial charge in [0.05, 0.1) is 11.9 Å². The maximum absolute atomic E-state index is 14.5. The number of nitrogens with zero attached hydrogens (tertiary/aromatic N) is 2. The van der Waals surface area contributed by atoms with Crippen LogP contribution in [0.4, 0.5) is 10.1 Å². The van der Waals surface area contributed by atoms with Crippen LogP contribution in [-0.2, 0) is 26.2 Å². The minimum Gasteiger partial charge on any atom is -0.454 e. The van der Waals surface area contributed by atoms with Gasteiger partial charge in [0.1, 0.15) is 18.4 Å². The van der Waals surface area contributed by atoms with Crippen LogP contribution in [0.15, 0.2) is 42.5 Å². The van der Waals surface area contributed by atoms with Crippen LogP contribution in [0.5, 0.6) is 11.5 Å². The lowest BCUT2D eigenvalue weighted by Gasteiger charge is -2.33. The predicted molar refractivity (Wildman–Crippen MR) is 136 cm³/mol. The topological polar surface area (TPSA) is 105 Å². The Bertz CT molecular complexity index is 1250. The van der Waals surface area contributed by atoms with Crippen molar-refractivity contribution in [2.45, 2.75) is 57.7 Å². The van der Waals surface area contributed by atoms with E-state index < -0.39 is 34.3 Å². The normalized spacial score (nSPS) is 16.2. The number of hydrogen-bond acceptors (Lipinski definition) is 6. The number of ether oxygens (including phenoxy) is 2. The van der Waals surface area contributed by atoms with Crippen molar-refractivity contribution in [2.24, 2.45) is 0 Å². The summed E-state index contributed by atoms with van der Waals surface area (Å²) in [7, 11) is -3.90. The van der Waals surface area contributed by atoms with E-state index in [-0.39, 0.29) is 36.5 Å². The van der Waals surface area contributed by atoms with Gasteiger partial charge in [0.2, 0.25) is 28.6 Å². The molecule has 4 rings (SSSR count). The molecule has 1 N–H and O–H groups in total. The second kappa shape index (κ2) is 11.4. The van der Waals surface area contributed by atoms with Crippen molar-refractivity contribution >= 4 is 27.5 Å². The van der Waals surface area contributed by atoms with Gasteiger partial charge >= 0.3 is 0 Å². The smallest absolute Gasteiger partial charge is 0.244 e. The molecule has 0 unspecified atom stereocenters. The van der Waals surface area contributed by atoms with Gasteiger partial charge in [-0.15, -0.1) is 0 Å². The highest BCUT2D eigenvalue weighted by Crippen LogP contribution is 2.36. The van der Waals surface area contributed by atoms with Crippen molar-refractivity contribution in [2.75, 3.05) is 23.9 Å². The van der Waals surface area contributed by atoms with Crippen molar-refractivity contribution in [3.8, 4) is 11.5 Å². The zero-order chi connectivity index (χ0) is 26.6. The number of carbonyl (C=O) groups excluding carboxylic acids is 2. The Hall–Kier alpha value is -3.34. The van der Waals surface area contributed by atoms with Crippen LogP contribution in [0.25, 0.3) is 0 Å². The van der Waals surface area contributed by atoms with E-state index in [2.05, 4.69) is 5.32 Å². The van der Waals surface area contributed by atoms with E-state index in [1.165, 1.54) is 35.2 Å². The molecule has 9 nitrogen and oxygen atoms in total. The molecule has 0 spiro atoms. The predicted octanol–water partition coefficient (Wildman–Crippen LogP) is 3.19. The number of anilines is 1. The highest BCUT2D eigenvalue weighted by Gasteiger charge is 2.32. The number of benzene rings is 2. The summed E-state index contributed by atoms with van der Waals surface area (Å²) in [6, 6.07) is 9.63. The summed E-state index contributed by atoms with van der Waals surface area (Å²) in [5.41, 5.74) is 0.437. The number of carbonyl (C=O) groups is 2. The molecule has 2 aromatic rings. The molecule has 0 saturated heterocycles. The van der Waals surface area contributed by atoms with E-state index in [1.807, 2.05) is 0 Å². The van der Waals surface area contributed by atoms with Gasteiger partial charge in [0, 0.05) is 24.2 Å². The van der Waals surface area contributed by atoms with Gasteiger partial charge in [0.15, 0.2) is 11.5 Å². The van der Waals surface area contributed by atoms with E-state index in [9.17, 15) is 22.4 Å². The maximum Gasteiger partial charge on any atom is 0.244 e. The summed E-state index contributed by atoms with van der Waals surface area (Å²) in [5.74, 6) is -0.682. The molecule has 1 saturated carbocycles. The monoisotopic (exact) mass is 533 g/mol. The van der Waals surface area contributed by atoms with Crippen molar-refractivity contribution in [3.05, 3.63) is 53.8 Å². The molecule has 1 aliphatic carbocycles. The van der Waals surface area contributed by atoms with Crippen LogP contribution in [0.2, 0.25) is 0 Å². The molecule has 2 aromatic carbocycles. The van der Waals surface area contributed by atoms with Crippen LogP contribution in [-0.4, -0.2) is 56.8 Å². The molecule has 2 aliphatic rings. The molecular weight excluding hydrogens is 501 g/mol. The van der Waals surface area contributed by atoms with E-state index >= 15 is 0 Å². The summed E-state index contributed by atoms with van der Waals surface area (Å²) in [6.45, 7) is 0.820. The molecule has 1 aliphatic heterocycles. The second-order valence-electron chi connectivity index (χ2n) is 9.44. The number of hydrogen-bond donors (Lipinski definition) is 1. The Morgan fingerprint density at radius 1 is 1.08 bits per heavy atom. The SMILES string of the molecule is C[C@@H](C(=O)NC1CCCCC1)N(Cc1ccccc1F)C(=O)CN(c1ccc2c(c1)OCO2)S(C)(=O)=O. The highest BCUT2D eigenvalue weighted by atomic mass is 32.2. The average Bonchev–Trinajstić information content (AvgIpc) is 3.34. The van der Waals surface area contributed by atoms with Crippen molar-refractivity contribution in [3.63, 3.8) is 0 Å². The Balaban J connectivity index is 1.59. The lowest BCUT2D eigenvalue weighted by Crippen LogP contribution is -2.53. The third-order valence-corrected chi connectivity index (χ3v) is 7.88. The van der Waals surface area contributed by atoms with Gasteiger partial charge in [-0.25, -0.2) is 12.8 Å². The van der Waals surface area contributed by atoms with Gasteiger partial charge in [-0.2, -0.15) is 0 Å². The molecule has 200 valence electrons. The number of amides is 2. The lowest BCUT2D eigenvalue weighted by atomic mass is 9.95. The molecule has 0 bridgehead atoms. The fourth-order valence-corrected chi connectivity index (χ4v) is 5.46. The number of rotatable bonds is 9. The summed E-state index contributed by atoms with van der Waals surface area (Å²) >= 11 is 0. The molecule has 2 amide bonds. The van der Waals surface area contributed by atoms with Crippen LogP contribution in [0, 0.1) is 5.82 Å². The summed E-state index contributed by atoms with van der Waals surface area (Å²) in [6.07, 6.45) is 5.90. The highest BCUT2D eigenvalue weighted by molar-refractivity contribution is 7.92. The minimum absolute atomic E-state index is 0.0145. The maximum atomic E-state index is 14.5. The second-order valence-corrected chi connectivity index (χ2v) is 11.3. The quantitative estimate of drug-likeness (QED) is 0.531. The fraction of sp³-hybridized carbons (Fsp3) is 0.462. The molecule has 11 heteroatoms. The van der Waals surface area contributed by atoms with Gasteiger partial charge in [-0.1, -0.05) is 37.5 Å². The molecule has 37 heavy (non-hydrogen) atoms. The Kier molecular flexibility index (Phi) is 8.21. The summed E-state index contributed by atoms with van der Waals surface area (Å²) in [5, 5.41) is 3.01. The number of sulfonamides is 1. The van der Waals surface area contributed by atoms with Crippen LogP contribution in [0.3, 0.4) is 0 Å². The summed E-state index contributed by atoms with van der Waals surface area (Å²) < 4.78 is 51.5. The van der Waals surface area contributed by atoms with E-state index in [1.54, 1.807) is 19.1 Å². The Labute approximate surface area is 216 Å². The van der Waals surface area contributed by atoms with Gasteiger partial charge in [-0.3, -0.25) is 13.9 Å². The molecular formula is C26H32FN3O6S. The Morgan fingerprint density at radius 2 is 1.78 bits per heavy atom. The van der Waals surface area contributed by atoms with Gasteiger partial charge in [0.25, 0.3) is 0 Å². The third-order valence-electron chi connectivity index (χ3n) is 6.74. The largest absolute Gasteiger partial charge is 0.454 e. The van der Waals surface area contributed by atoms with E-state index in [0.717, 1.165) is 42.7 Å². The fourth-order valence-electron chi connectivity index (χ4n) is 4.62. The summed E-state index contributed by atoms with van der Waals surface area (Å²) in [4.78, 5) is 28.0. The third kappa shape index (κ3) is 6.51. The number of nitrogens with one attached hydrogen (secondary N) is 1. The molecule has 0 radical (unpaired) electrons. The first-order valence-electron chi connectivity index (χ1n) is 12.3. The van der Waals surface area contributed by atoms with Crippen LogP contribution < -0.4 is 19.1 Å². The van der Waals surface area contributed by atoms with Gasteiger partial charge in [-0.05, 0) is 38.0 Å². The average molecular weight is 534 g/mol. The molecule has 1 heterocycles. The number of halogens is 1. The lowest BCUT2D eigenvalue weighted by molar-refractivity contribution is -0.139. The zero-order valence-electron chi connectivity index (χ0n) is 21.0. The molecule has 1 fully saturated rings. The number of fused-ring (bicyclic) bond motifs is 1. The minimum atomic E-state index is -3.90. The molecule has 0 aromatic heterocycles. The van der Waals surface area contributed by atoms with Gasteiger partial charge < -0.3 is 19.7 Å². The van der Waals surface area contributed by atoms with Crippen LogP contribution >= 0.6 is 0 Å². The van der Waals surface area contributed by atoms with Crippen molar-refractivity contribution in [1.29, 1.82) is 0 Å².